The van der Waals surface area contributed by atoms with Gasteiger partial charge in [0.15, 0.2) is 0 Å². The zero-order chi connectivity index (χ0) is 9.97. The predicted molar refractivity (Wildman–Crippen MR) is 54.9 cm³/mol. The lowest BCUT2D eigenvalue weighted by Gasteiger charge is -2.31. The fourth-order valence-electron chi connectivity index (χ4n) is 1.53. The number of benzene rings is 1. The zero-order valence-electron chi connectivity index (χ0n) is 8.07. The Kier molecular flexibility index (Phi) is 2.50. The summed E-state index contributed by atoms with van der Waals surface area (Å²) >= 11 is 0. The van der Waals surface area contributed by atoms with E-state index in [9.17, 15) is 4.79 Å². The molecule has 14 heavy (non-hydrogen) atoms. The fraction of sp³-hybridized carbons (Fsp3) is 0.364. The Morgan fingerprint density at radius 1 is 1.43 bits per heavy atom. The van der Waals surface area contributed by atoms with Crippen LogP contribution >= 0.6 is 0 Å². The first-order chi connectivity index (χ1) is 6.81. The van der Waals surface area contributed by atoms with Crippen LogP contribution in [0.1, 0.15) is 22.3 Å². The van der Waals surface area contributed by atoms with Gasteiger partial charge in [-0.15, -0.1) is 0 Å². The van der Waals surface area contributed by atoms with Crippen molar-refractivity contribution < 1.29 is 4.79 Å². The average Bonchev–Trinajstić information content (AvgIpc) is 2.15. The molecule has 1 heterocycles. The fourth-order valence-corrected chi connectivity index (χ4v) is 1.53. The summed E-state index contributed by atoms with van der Waals surface area (Å²) < 4.78 is 0. The standard InChI is InChI=1S/C11H14N2O/c12-8-9-3-1-4-10(7-9)11(14)13-5-2-6-13/h1,3-4,7H,2,5-6,8,12H2. The van der Waals surface area contributed by atoms with Crippen molar-refractivity contribution in [2.24, 2.45) is 5.73 Å². The number of hydrogen-bond acceptors (Lipinski definition) is 2. The Balaban J connectivity index is 2.18. The summed E-state index contributed by atoms with van der Waals surface area (Å²) in [7, 11) is 0. The molecule has 0 aromatic heterocycles. The number of hydrogen-bond donors (Lipinski definition) is 1. The van der Waals surface area contributed by atoms with Gasteiger partial charge in [-0.25, -0.2) is 0 Å². The summed E-state index contributed by atoms with van der Waals surface area (Å²) in [4.78, 5) is 13.6. The van der Waals surface area contributed by atoms with Crippen LogP contribution in [0.4, 0.5) is 0 Å². The smallest absolute Gasteiger partial charge is 0.253 e. The van der Waals surface area contributed by atoms with E-state index in [-0.39, 0.29) is 5.91 Å². The number of nitrogens with two attached hydrogens (primary N) is 1. The molecule has 0 saturated carbocycles. The molecule has 1 fully saturated rings. The molecule has 2 rings (SSSR count). The molecular weight excluding hydrogens is 176 g/mol. The average molecular weight is 190 g/mol. The Hall–Kier alpha value is -1.35. The highest BCUT2D eigenvalue weighted by atomic mass is 16.2. The van der Waals surface area contributed by atoms with Crippen LogP contribution in [0.25, 0.3) is 0 Å². The molecule has 1 amide bonds. The molecule has 0 radical (unpaired) electrons. The van der Waals surface area contributed by atoms with E-state index < -0.39 is 0 Å². The highest BCUT2D eigenvalue weighted by Crippen LogP contribution is 2.13. The lowest BCUT2D eigenvalue weighted by Crippen LogP contribution is -2.42. The molecule has 1 aliphatic heterocycles. The van der Waals surface area contributed by atoms with Crippen molar-refractivity contribution in [3.05, 3.63) is 35.4 Å². The lowest BCUT2D eigenvalue weighted by molar-refractivity contribution is 0.0651. The van der Waals surface area contributed by atoms with Crippen LogP contribution in [0.3, 0.4) is 0 Å². The Bertz CT molecular complexity index is 345. The molecule has 3 heteroatoms. The summed E-state index contributed by atoms with van der Waals surface area (Å²) in [5.41, 5.74) is 7.28. The molecule has 2 N–H and O–H groups in total. The lowest BCUT2D eigenvalue weighted by atomic mass is 10.1. The molecule has 0 unspecified atom stereocenters. The molecule has 1 aromatic carbocycles. The number of likely N-dealkylation sites (tertiary alicyclic amines) is 1. The van der Waals surface area contributed by atoms with Gasteiger partial charge in [0.1, 0.15) is 0 Å². The van der Waals surface area contributed by atoms with E-state index in [2.05, 4.69) is 0 Å². The van der Waals surface area contributed by atoms with Gasteiger partial charge in [-0.05, 0) is 24.1 Å². The van der Waals surface area contributed by atoms with E-state index in [0.717, 1.165) is 30.6 Å². The second-order valence-corrected chi connectivity index (χ2v) is 3.55. The van der Waals surface area contributed by atoms with Crippen molar-refractivity contribution in [3.63, 3.8) is 0 Å². The molecule has 1 aliphatic rings. The van der Waals surface area contributed by atoms with Crippen molar-refractivity contribution in [2.75, 3.05) is 13.1 Å². The summed E-state index contributed by atoms with van der Waals surface area (Å²) in [6.07, 6.45) is 1.13. The third-order valence-electron chi connectivity index (χ3n) is 2.55. The maximum atomic E-state index is 11.8. The van der Waals surface area contributed by atoms with Gasteiger partial charge in [0, 0.05) is 25.2 Å². The quantitative estimate of drug-likeness (QED) is 0.756. The predicted octanol–water partition coefficient (Wildman–Crippen LogP) is 0.991. The summed E-state index contributed by atoms with van der Waals surface area (Å²) in [5, 5.41) is 0. The molecule has 0 bridgehead atoms. The third kappa shape index (κ3) is 1.63. The first-order valence-electron chi connectivity index (χ1n) is 4.89. The van der Waals surface area contributed by atoms with Crippen molar-refractivity contribution in [1.82, 2.24) is 4.90 Å². The molecule has 0 spiro atoms. The van der Waals surface area contributed by atoms with E-state index in [1.807, 2.05) is 29.2 Å². The number of carbonyl (C=O) groups excluding carboxylic acids is 1. The maximum absolute atomic E-state index is 11.8. The number of amides is 1. The van der Waals surface area contributed by atoms with Gasteiger partial charge in [-0.2, -0.15) is 0 Å². The molecule has 1 aromatic rings. The molecular formula is C11H14N2O. The maximum Gasteiger partial charge on any atom is 0.253 e. The van der Waals surface area contributed by atoms with Crippen LogP contribution < -0.4 is 5.73 Å². The molecule has 3 nitrogen and oxygen atoms in total. The molecule has 74 valence electrons. The Labute approximate surface area is 83.5 Å². The summed E-state index contributed by atoms with van der Waals surface area (Å²) in [6, 6.07) is 7.54. The topological polar surface area (TPSA) is 46.3 Å². The van der Waals surface area contributed by atoms with Gasteiger partial charge in [-0.1, -0.05) is 12.1 Å². The van der Waals surface area contributed by atoms with Crippen LogP contribution in [0.15, 0.2) is 24.3 Å². The van der Waals surface area contributed by atoms with E-state index >= 15 is 0 Å². The van der Waals surface area contributed by atoms with Gasteiger partial charge in [0.25, 0.3) is 5.91 Å². The van der Waals surface area contributed by atoms with Crippen LogP contribution in [-0.2, 0) is 6.54 Å². The van der Waals surface area contributed by atoms with Crippen LogP contribution in [0.2, 0.25) is 0 Å². The first kappa shape index (κ1) is 9.21. The second-order valence-electron chi connectivity index (χ2n) is 3.55. The zero-order valence-corrected chi connectivity index (χ0v) is 8.07. The van der Waals surface area contributed by atoms with Crippen LogP contribution in [0, 0.1) is 0 Å². The SMILES string of the molecule is NCc1cccc(C(=O)N2CCC2)c1. The van der Waals surface area contributed by atoms with Crippen LogP contribution in [-0.4, -0.2) is 23.9 Å². The highest BCUT2D eigenvalue weighted by molar-refractivity contribution is 5.94. The summed E-state index contributed by atoms with van der Waals surface area (Å²) in [6.45, 7) is 2.28. The van der Waals surface area contributed by atoms with Gasteiger partial charge in [0.2, 0.25) is 0 Å². The molecule has 0 aliphatic carbocycles. The Morgan fingerprint density at radius 2 is 2.21 bits per heavy atom. The minimum absolute atomic E-state index is 0.131. The van der Waals surface area contributed by atoms with Gasteiger partial charge >= 0.3 is 0 Å². The van der Waals surface area contributed by atoms with Gasteiger partial charge < -0.3 is 10.6 Å². The normalized spacial score (nSPS) is 15.1. The van der Waals surface area contributed by atoms with Crippen molar-refractivity contribution in [3.8, 4) is 0 Å². The van der Waals surface area contributed by atoms with Gasteiger partial charge in [-0.3, -0.25) is 4.79 Å². The third-order valence-corrected chi connectivity index (χ3v) is 2.55. The molecule has 0 atom stereocenters. The van der Waals surface area contributed by atoms with Crippen LogP contribution in [0.5, 0.6) is 0 Å². The van der Waals surface area contributed by atoms with Gasteiger partial charge in [0.05, 0.1) is 0 Å². The van der Waals surface area contributed by atoms with E-state index in [4.69, 9.17) is 5.73 Å². The Morgan fingerprint density at radius 3 is 2.79 bits per heavy atom. The number of nitrogens with zero attached hydrogens (tertiary/aromatic N) is 1. The van der Waals surface area contributed by atoms with Crippen molar-refractivity contribution in [2.45, 2.75) is 13.0 Å². The van der Waals surface area contributed by atoms with E-state index in [1.165, 1.54) is 0 Å². The van der Waals surface area contributed by atoms with E-state index in [0.29, 0.717) is 6.54 Å². The number of carbonyl (C=O) groups is 1. The van der Waals surface area contributed by atoms with Crippen molar-refractivity contribution >= 4 is 5.91 Å². The largest absolute Gasteiger partial charge is 0.339 e. The highest BCUT2D eigenvalue weighted by Gasteiger charge is 2.21. The number of rotatable bonds is 2. The first-order valence-corrected chi connectivity index (χ1v) is 4.89. The monoisotopic (exact) mass is 190 g/mol. The second kappa shape index (κ2) is 3.80. The minimum Gasteiger partial charge on any atom is -0.339 e. The summed E-state index contributed by atoms with van der Waals surface area (Å²) in [5.74, 6) is 0.131. The van der Waals surface area contributed by atoms with E-state index in [1.54, 1.807) is 0 Å². The minimum atomic E-state index is 0.131. The van der Waals surface area contributed by atoms with Crippen molar-refractivity contribution in [1.29, 1.82) is 0 Å². The molecule has 1 saturated heterocycles.